The quantitative estimate of drug-likeness (QED) is 0.457. The Kier molecular flexibility index (Phi) is 7.20. The van der Waals surface area contributed by atoms with Crippen LogP contribution in [0, 0.1) is 11.3 Å². The lowest BCUT2D eigenvalue weighted by atomic mass is 10.1. The third-order valence-corrected chi connectivity index (χ3v) is 4.86. The van der Waals surface area contributed by atoms with Crippen molar-refractivity contribution in [1.82, 2.24) is 5.32 Å². The monoisotopic (exact) mass is 472 g/mol. The molecule has 1 aliphatic heterocycles. The van der Waals surface area contributed by atoms with Gasteiger partial charge in [0.15, 0.2) is 23.0 Å². The van der Waals surface area contributed by atoms with Crippen molar-refractivity contribution in [3.63, 3.8) is 0 Å². The van der Waals surface area contributed by atoms with Crippen LogP contribution in [-0.4, -0.2) is 26.4 Å². The molecule has 0 spiro atoms. The van der Waals surface area contributed by atoms with Gasteiger partial charge in [0.2, 0.25) is 6.79 Å². The van der Waals surface area contributed by atoms with Gasteiger partial charge in [-0.15, -0.1) is 0 Å². The average molecular weight is 473 g/mol. The van der Waals surface area contributed by atoms with E-state index in [0.29, 0.717) is 39.6 Å². The van der Waals surface area contributed by atoms with Crippen LogP contribution in [0.3, 0.4) is 0 Å². The molecule has 7 nitrogen and oxygen atoms in total. The van der Waals surface area contributed by atoms with Crippen LogP contribution in [0.4, 0.5) is 0 Å². The van der Waals surface area contributed by atoms with Crippen LogP contribution in [0.2, 0.25) is 0 Å². The van der Waals surface area contributed by atoms with E-state index in [-0.39, 0.29) is 18.9 Å². The summed E-state index contributed by atoms with van der Waals surface area (Å²) in [6.45, 7) is 3.01. The third-order valence-electron chi connectivity index (χ3n) is 4.27. The number of amides is 1. The maximum absolute atomic E-state index is 12.5. The van der Waals surface area contributed by atoms with Crippen molar-refractivity contribution >= 4 is 27.9 Å². The van der Waals surface area contributed by atoms with E-state index in [1.807, 2.05) is 19.1 Å². The highest BCUT2D eigenvalue weighted by molar-refractivity contribution is 9.10. The molecule has 1 aliphatic rings. The second kappa shape index (κ2) is 10.0. The maximum Gasteiger partial charge on any atom is 0.262 e. The summed E-state index contributed by atoms with van der Waals surface area (Å²) >= 11 is 3.46. The zero-order chi connectivity index (χ0) is 21.5. The Morgan fingerprint density at radius 1 is 1.30 bits per heavy atom. The van der Waals surface area contributed by atoms with Gasteiger partial charge in [-0.3, -0.25) is 4.79 Å². The van der Waals surface area contributed by atoms with Gasteiger partial charge in [-0.25, -0.2) is 0 Å². The zero-order valence-electron chi connectivity index (χ0n) is 16.7. The molecule has 0 atom stereocenters. The Morgan fingerprint density at radius 2 is 2.10 bits per heavy atom. The number of fused-ring (bicyclic) bond motifs is 1. The number of carbonyl (C=O) groups excluding carboxylic acids is 1. The molecule has 2 aromatic rings. The molecule has 0 fully saturated rings. The van der Waals surface area contributed by atoms with Crippen molar-refractivity contribution in [2.45, 2.75) is 19.9 Å². The van der Waals surface area contributed by atoms with E-state index in [4.69, 9.17) is 18.9 Å². The Balaban J connectivity index is 1.73. The van der Waals surface area contributed by atoms with E-state index in [1.54, 1.807) is 24.3 Å². The molecule has 0 bridgehead atoms. The summed E-state index contributed by atoms with van der Waals surface area (Å²) in [5, 5.41) is 12.2. The predicted octanol–water partition coefficient (Wildman–Crippen LogP) is 4.20. The Labute approximate surface area is 183 Å². The number of nitrogens with zero attached hydrogens (tertiary/aromatic N) is 1. The van der Waals surface area contributed by atoms with E-state index in [9.17, 15) is 10.1 Å². The van der Waals surface area contributed by atoms with E-state index in [1.165, 1.54) is 13.2 Å². The van der Waals surface area contributed by atoms with Crippen LogP contribution < -0.4 is 24.3 Å². The number of rotatable bonds is 8. The molecule has 30 heavy (non-hydrogen) atoms. The topological polar surface area (TPSA) is 89.8 Å². The normalized spacial score (nSPS) is 12.3. The molecule has 0 saturated carbocycles. The second-order valence-electron chi connectivity index (χ2n) is 6.42. The number of carbonyl (C=O) groups is 1. The van der Waals surface area contributed by atoms with Gasteiger partial charge in [0.1, 0.15) is 11.6 Å². The highest BCUT2D eigenvalue weighted by atomic mass is 79.9. The summed E-state index contributed by atoms with van der Waals surface area (Å²) in [7, 11) is 1.54. The van der Waals surface area contributed by atoms with Crippen LogP contribution in [-0.2, 0) is 11.3 Å². The first kappa shape index (κ1) is 21.5. The third kappa shape index (κ3) is 5.05. The van der Waals surface area contributed by atoms with Crippen LogP contribution in [0.15, 0.2) is 40.4 Å². The van der Waals surface area contributed by atoms with Crippen molar-refractivity contribution < 1.29 is 23.7 Å². The van der Waals surface area contributed by atoms with Gasteiger partial charge in [0.05, 0.1) is 18.2 Å². The van der Waals surface area contributed by atoms with E-state index >= 15 is 0 Å². The lowest BCUT2D eigenvalue weighted by Crippen LogP contribution is -2.23. The number of benzene rings is 2. The first-order chi connectivity index (χ1) is 14.5. The van der Waals surface area contributed by atoms with Crippen molar-refractivity contribution in [3.05, 3.63) is 51.5 Å². The minimum atomic E-state index is -0.475. The van der Waals surface area contributed by atoms with Gasteiger partial charge >= 0.3 is 0 Å². The molecule has 1 N–H and O–H groups in total. The SMILES string of the molecule is CCCOc1c(Br)cc(/C=C(\C#N)C(=O)NCc2ccc3c(c2)OCO3)cc1OC. The molecular formula is C22H21BrN2O5. The second-order valence-corrected chi connectivity index (χ2v) is 7.28. The molecule has 1 amide bonds. The van der Waals surface area contributed by atoms with Gasteiger partial charge < -0.3 is 24.3 Å². The molecule has 1 heterocycles. The van der Waals surface area contributed by atoms with Gasteiger partial charge in [0, 0.05) is 6.54 Å². The molecule has 2 aromatic carbocycles. The molecule has 8 heteroatoms. The number of ether oxygens (including phenoxy) is 4. The van der Waals surface area contributed by atoms with Crippen LogP contribution in [0.25, 0.3) is 6.08 Å². The van der Waals surface area contributed by atoms with Crippen molar-refractivity contribution in [1.29, 1.82) is 5.26 Å². The molecule has 0 saturated heterocycles. The van der Waals surface area contributed by atoms with Crippen molar-refractivity contribution in [3.8, 4) is 29.1 Å². The molecular weight excluding hydrogens is 452 g/mol. The number of nitrogens with one attached hydrogen (secondary N) is 1. The number of hydrogen-bond donors (Lipinski definition) is 1. The van der Waals surface area contributed by atoms with Gasteiger partial charge in [0.25, 0.3) is 5.91 Å². The Morgan fingerprint density at radius 3 is 2.83 bits per heavy atom. The van der Waals surface area contributed by atoms with E-state index in [2.05, 4.69) is 21.2 Å². The van der Waals surface area contributed by atoms with E-state index in [0.717, 1.165) is 12.0 Å². The minimum Gasteiger partial charge on any atom is -0.493 e. The maximum atomic E-state index is 12.5. The summed E-state index contributed by atoms with van der Waals surface area (Å²) in [6, 6.07) is 10.9. The number of halogens is 1. The Hall–Kier alpha value is -3.18. The predicted molar refractivity (Wildman–Crippen MR) is 114 cm³/mol. The van der Waals surface area contributed by atoms with E-state index < -0.39 is 5.91 Å². The lowest BCUT2D eigenvalue weighted by Gasteiger charge is -2.13. The molecule has 0 aromatic heterocycles. The lowest BCUT2D eigenvalue weighted by molar-refractivity contribution is -0.117. The fraction of sp³-hybridized carbons (Fsp3) is 0.273. The minimum absolute atomic E-state index is 0.0214. The smallest absolute Gasteiger partial charge is 0.262 e. The molecule has 3 rings (SSSR count). The van der Waals surface area contributed by atoms with Gasteiger partial charge in [-0.05, 0) is 63.8 Å². The summed E-state index contributed by atoms with van der Waals surface area (Å²) in [5.74, 6) is 1.94. The largest absolute Gasteiger partial charge is 0.493 e. The average Bonchev–Trinajstić information content (AvgIpc) is 3.22. The fourth-order valence-electron chi connectivity index (χ4n) is 2.81. The molecule has 0 radical (unpaired) electrons. The Bertz CT molecular complexity index is 1010. The van der Waals surface area contributed by atoms with Crippen molar-refractivity contribution in [2.24, 2.45) is 0 Å². The summed E-state index contributed by atoms with van der Waals surface area (Å²) < 4.78 is 22.4. The van der Waals surface area contributed by atoms with Crippen LogP contribution in [0.5, 0.6) is 23.0 Å². The summed E-state index contributed by atoms with van der Waals surface area (Å²) in [6.07, 6.45) is 2.37. The molecule has 0 aliphatic carbocycles. The van der Waals surface area contributed by atoms with Crippen molar-refractivity contribution in [2.75, 3.05) is 20.5 Å². The first-order valence-electron chi connectivity index (χ1n) is 9.34. The first-order valence-corrected chi connectivity index (χ1v) is 10.1. The van der Waals surface area contributed by atoms with Crippen LogP contribution >= 0.6 is 15.9 Å². The van der Waals surface area contributed by atoms with Gasteiger partial charge in [-0.1, -0.05) is 13.0 Å². The fourth-order valence-corrected chi connectivity index (χ4v) is 3.39. The zero-order valence-corrected chi connectivity index (χ0v) is 18.2. The molecule has 0 unspecified atom stereocenters. The summed E-state index contributed by atoms with van der Waals surface area (Å²) in [5.41, 5.74) is 1.45. The molecule has 156 valence electrons. The number of methoxy groups -OCH3 is 1. The highest BCUT2D eigenvalue weighted by Crippen LogP contribution is 2.37. The standard InChI is InChI=1S/C22H21BrN2O5/c1-3-6-28-21-17(23)8-15(10-20(21)27-2)7-16(11-24)22(26)25-12-14-4-5-18-19(9-14)30-13-29-18/h4-5,7-10H,3,6,12-13H2,1-2H3,(H,25,26)/b16-7+. The van der Waals surface area contributed by atoms with Crippen LogP contribution in [0.1, 0.15) is 24.5 Å². The number of hydrogen-bond acceptors (Lipinski definition) is 6. The van der Waals surface area contributed by atoms with Gasteiger partial charge in [-0.2, -0.15) is 5.26 Å². The number of nitriles is 1. The highest BCUT2D eigenvalue weighted by Gasteiger charge is 2.16. The summed E-state index contributed by atoms with van der Waals surface area (Å²) in [4.78, 5) is 12.5.